The highest BCUT2D eigenvalue weighted by molar-refractivity contribution is 8.01. The van der Waals surface area contributed by atoms with Crippen LogP contribution in [0.4, 0.5) is 0 Å². The van der Waals surface area contributed by atoms with Gasteiger partial charge in [-0.3, -0.25) is 0 Å². The van der Waals surface area contributed by atoms with E-state index in [-0.39, 0.29) is 0 Å². The molecular formula is C10H10ClNS2. The van der Waals surface area contributed by atoms with Crippen molar-refractivity contribution in [2.24, 2.45) is 0 Å². The SMILES string of the molecule is CSc1cc(CC#N)cc(Cl)c1SC. The Kier molecular flexibility index (Phi) is 4.67. The molecular weight excluding hydrogens is 234 g/mol. The molecule has 0 unspecified atom stereocenters. The number of nitrogens with zero attached hydrogens (tertiary/aromatic N) is 1. The molecule has 0 aromatic heterocycles. The second-order valence-electron chi connectivity index (χ2n) is 2.65. The summed E-state index contributed by atoms with van der Waals surface area (Å²) in [6, 6.07) is 6.03. The van der Waals surface area contributed by atoms with Crippen LogP contribution in [0.25, 0.3) is 0 Å². The number of hydrogen-bond acceptors (Lipinski definition) is 3. The van der Waals surface area contributed by atoms with Gasteiger partial charge in [-0.15, -0.1) is 23.5 Å². The molecule has 0 spiro atoms. The fourth-order valence-electron chi connectivity index (χ4n) is 1.16. The largest absolute Gasteiger partial charge is 0.198 e. The van der Waals surface area contributed by atoms with E-state index in [0.29, 0.717) is 6.42 Å². The van der Waals surface area contributed by atoms with E-state index in [2.05, 4.69) is 6.07 Å². The van der Waals surface area contributed by atoms with Gasteiger partial charge in [-0.05, 0) is 30.2 Å². The molecule has 0 aliphatic carbocycles. The van der Waals surface area contributed by atoms with Crippen molar-refractivity contribution < 1.29 is 0 Å². The van der Waals surface area contributed by atoms with Crippen molar-refractivity contribution in [3.63, 3.8) is 0 Å². The second kappa shape index (κ2) is 5.55. The van der Waals surface area contributed by atoms with Crippen LogP contribution in [0.2, 0.25) is 5.02 Å². The van der Waals surface area contributed by atoms with Crippen LogP contribution in [-0.2, 0) is 6.42 Å². The molecule has 1 aromatic rings. The molecule has 0 fully saturated rings. The Hall–Kier alpha value is -0.300. The highest BCUT2D eigenvalue weighted by Gasteiger charge is 2.07. The fourth-order valence-corrected chi connectivity index (χ4v) is 3.27. The maximum atomic E-state index is 8.60. The average Bonchev–Trinajstić information content (AvgIpc) is 2.17. The topological polar surface area (TPSA) is 23.8 Å². The lowest BCUT2D eigenvalue weighted by molar-refractivity contribution is 1.17. The summed E-state index contributed by atoms with van der Waals surface area (Å²) in [5.74, 6) is 0. The molecule has 0 N–H and O–H groups in total. The summed E-state index contributed by atoms with van der Waals surface area (Å²) >= 11 is 9.40. The minimum absolute atomic E-state index is 0.419. The molecule has 0 aliphatic heterocycles. The van der Waals surface area contributed by atoms with Gasteiger partial charge in [0, 0.05) is 9.79 Å². The van der Waals surface area contributed by atoms with Gasteiger partial charge < -0.3 is 0 Å². The van der Waals surface area contributed by atoms with E-state index in [1.807, 2.05) is 24.6 Å². The molecule has 0 saturated heterocycles. The maximum Gasteiger partial charge on any atom is 0.0669 e. The molecule has 1 rings (SSSR count). The maximum absolute atomic E-state index is 8.60. The quantitative estimate of drug-likeness (QED) is 0.754. The van der Waals surface area contributed by atoms with Crippen LogP contribution in [0.5, 0.6) is 0 Å². The summed E-state index contributed by atoms with van der Waals surface area (Å²) in [6.45, 7) is 0. The number of rotatable bonds is 3. The Morgan fingerprint density at radius 3 is 2.57 bits per heavy atom. The summed E-state index contributed by atoms with van der Waals surface area (Å²) in [5, 5.41) is 9.34. The van der Waals surface area contributed by atoms with Gasteiger partial charge in [0.05, 0.1) is 17.5 Å². The highest BCUT2D eigenvalue weighted by Crippen LogP contribution is 2.35. The molecule has 0 saturated carbocycles. The zero-order valence-electron chi connectivity index (χ0n) is 8.00. The van der Waals surface area contributed by atoms with Gasteiger partial charge in [-0.2, -0.15) is 5.26 Å². The number of hydrogen-bond donors (Lipinski definition) is 0. The molecule has 0 atom stereocenters. The second-order valence-corrected chi connectivity index (χ2v) is 4.72. The summed E-state index contributed by atoms with van der Waals surface area (Å²) < 4.78 is 0. The lowest BCUT2D eigenvalue weighted by Crippen LogP contribution is -1.86. The third kappa shape index (κ3) is 2.60. The highest BCUT2D eigenvalue weighted by atomic mass is 35.5. The standard InChI is InChI=1S/C10H10ClNS2/c1-13-9-6-7(3-4-12)5-8(11)10(9)14-2/h5-6H,3H2,1-2H3. The minimum atomic E-state index is 0.419. The average molecular weight is 244 g/mol. The van der Waals surface area contributed by atoms with Crippen LogP contribution in [0, 0.1) is 11.3 Å². The summed E-state index contributed by atoms with van der Waals surface area (Å²) in [4.78, 5) is 2.25. The summed E-state index contributed by atoms with van der Waals surface area (Å²) in [6.07, 6.45) is 4.44. The van der Waals surface area contributed by atoms with Gasteiger partial charge in [-0.1, -0.05) is 11.6 Å². The predicted molar refractivity (Wildman–Crippen MR) is 64.3 cm³/mol. The molecule has 1 nitrogen and oxygen atoms in total. The molecule has 0 radical (unpaired) electrons. The zero-order chi connectivity index (χ0) is 10.6. The Balaban J connectivity index is 3.18. The van der Waals surface area contributed by atoms with E-state index in [1.54, 1.807) is 23.5 Å². The monoisotopic (exact) mass is 243 g/mol. The molecule has 0 heterocycles. The zero-order valence-corrected chi connectivity index (χ0v) is 10.4. The minimum Gasteiger partial charge on any atom is -0.198 e. The van der Waals surface area contributed by atoms with Crippen molar-refractivity contribution in [1.29, 1.82) is 5.26 Å². The lowest BCUT2D eigenvalue weighted by Gasteiger charge is -2.08. The van der Waals surface area contributed by atoms with Crippen LogP contribution >= 0.6 is 35.1 Å². The van der Waals surface area contributed by atoms with Crippen molar-refractivity contribution in [3.05, 3.63) is 22.7 Å². The van der Waals surface area contributed by atoms with Gasteiger partial charge in [-0.25, -0.2) is 0 Å². The predicted octanol–water partition coefficient (Wildman–Crippen LogP) is 3.85. The third-order valence-corrected chi connectivity index (χ3v) is 3.93. The fraction of sp³-hybridized carbons (Fsp3) is 0.300. The van der Waals surface area contributed by atoms with Gasteiger partial charge in [0.1, 0.15) is 0 Å². The first-order valence-corrected chi connectivity index (χ1v) is 6.83. The molecule has 0 aliphatic rings. The molecule has 74 valence electrons. The molecule has 14 heavy (non-hydrogen) atoms. The van der Waals surface area contributed by atoms with E-state index < -0.39 is 0 Å². The smallest absolute Gasteiger partial charge is 0.0669 e. The van der Waals surface area contributed by atoms with Crippen molar-refractivity contribution in [3.8, 4) is 6.07 Å². The number of thioether (sulfide) groups is 2. The van der Waals surface area contributed by atoms with Crippen molar-refractivity contribution in [2.75, 3.05) is 12.5 Å². The number of benzene rings is 1. The normalized spacial score (nSPS) is 9.86. The van der Waals surface area contributed by atoms with Crippen LogP contribution in [0.3, 0.4) is 0 Å². The van der Waals surface area contributed by atoms with Crippen LogP contribution in [0.15, 0.2) is 21.9 Å². The van der Waals surface area contributed by atoms with E-state index in [4.69, 9.17) is 16.9 Å². The Bertz CT molecular complexity index is 371. The molecule has 1 aromatic carbocycles. The van der Waals surface area contributed by atoms with Gasteiger partial charge >= 0.3 is 0 Å². The van der Waals surface area contributed by atoms with Crippen molar-refractivity contribution in [2.45, 2.75) is 16.2 Å². The summed E-state index contributed by atoms with van der Waals surface area (Å²) in [5.41, 5.74) is 0.986. The Morgan fingerprint density at radius 1 is 1.36 bits per heavy atom. The van der Waals surface area contributed by atoms with E-state index >= 15 is 0 Å². The van der Waals surface area contributed by atoms with Crippen LogP contribution < -0.4 is 0 Å². The van der Waals surface area contributed by atoms with E-state index in [0.717, 1.165) is 20.4 Å². The first-order chi connectivity index (χ1) is 6.72. The van der Waals surface area contributed by atoms with Gasteiger partial charge in [0.2, 0.25) is 0 Å². The van der Waals surface area contributed by atoms with Crippen LogP contribution in [0.1, 0.15) is 5.56 Å². The molecule has 4 heteroatoms. The van der Waals surface area contributed by atoms with Crippen LogP contribution in [-0.4, -0.2) is 12.5 Å². The van der Waals surface area contributed by atoms with Crippen molar-refractivity contribution in [1.82, 2.24) is 0 Å². The van der Waals surface area contributed by atoms with Gasteiger partial charge in [0.25, 0.3) is 0 Å². The first-order valence-electron chi connectivity index (χ1n) is 4.00. The molecule has 0 bridgehead atoms. The van der Waals surface area contributed by atoms with Gasteiger partial charge in [0.15, 0.2) is 0 Å². The van der Waals surface area contributed by atoms with Crippen molar-refractivity contribution >= 4 is 35.1 Å². The number of nitriles is 1. The summed E-state index contributed by atoms with van der Waals surface area (Å²) in [7, 11) is 0. The Labute approximate surface area is 97.8 Å². The van der Waals surface area contributed by atoms with E-state index in [9.17, 15) is 0 Å². The number of halogens is 1. The third-order valence-electron chi connectivity index (χ3n) is 1.78. The molecule has 0 amide bonds. The lowest BCUT2D eigenvalue weighted by atomic mass is 10.2. The Morgan fingerprint density at radius 2 is 2.07 bits per heavy atom. The first kappa shape index (κ1) is 11.8. The van der Waals surface area contributed by atoms with E-state index in [1.165, 1.54) is 0 Å².